The summed E-state index contributed by atoms with van der Waals surface area (Å²) in [6.45, 7) is 5.36. The Labute approximate surface area is 128 Å². The van der Waals surface area contributed by atoms with Crippen LogP contribution in [0.5, 0.6) is 0 Å². The number of aromatic nitrogens is 4. The maximum absolute atomic E-state index is 6.04. The molecule has 0 aliphatic carbocycles. The van der Waals surface area contributed by atoms with Crippen molar-refractivity contribution in [3.05, 3.63) is 28.9 Å². The van der Waals surface area contributed by atoms with E-state index in [1.807, 2.05) is 18.5 Å². The van der Waals surface area contributed by atoms with E-state index < -0.39 is 0 Å². The number of halogens is 1. The van der Waals surface area contributed by atoms with Gasteiger partial charge in [-0.1, -0.05) is 16.8 Å². The molecule has 1 fully saturated rings. The average molecular weight is 311 g/mol. The molecule has 3 heterocycles. The van der Waals surface area contributed by atoms with Gasteiger partial charge in [0.25, 0.3) is 0 Å². The zero-order valence-corrected chi connectivity index (χ0v) is 13.2. The minimum atomic E-state index is 0.121. The molecule has 0 radical (unpaired) electrons. The van der Waals surface area contributed by atoms with Gasteiger partial charge in [-0.3, -0.25) is 9.80 Å². The van der Waals surface area contributed by atoms with Crippen LogP contribution in [0.3, 0.4) is 0 Å². The van der Waals surface area contributed by atoms with E-state index in [0.717, 1.165) is 32.0 Å². The first kappa shape index (κ1) is 14.5. The molecule has 2 aromatic rings. The van der Waals surface area contributed by atoms with E-state index in [1.165, 1.54) is 0 Å². The summed E-state index contributed by atoms with van der Waals surface area (Å²) in [7, 11) is 4.01. The Kier molecular flexibility index (Phi) is 3.97. The molecule has 21 heavy (non-hydrogen) atoms. The highest BCUT2D eigenvalue weighted by Crippen LogP contribution is 2.23. The molecule has 2 aromatic heterocycles. The quantitative estimate of drug-likeness (QED) is 0.850. The maximum Gasteiger partial charge on any atom is 0.245 e. The lowest BCUT2D eigenvalue weighted by Gasteiger charge is -2.37. The first-order valence-electron chi connectivity index (χ1n) is 6.93. The van der Waals surface area contributed by atoms with Gasteiger partial charge in [0.05, 0.1) is 12.7 Å². The summed E-state index contributed by atoms with van der Waals surface area (Å²) in [5.41, 5.74) is 0. The molecule has 114 valence electrons. The van der Waals surface area contributed by atoms with Crippen molar-refractivity contribution >= 4 is 11.6 Å². The van der Waals surface area contributed by atoms with E-state index in [0.29, 0.717) is 16.9 Å². The molecule has 0 saturated carbocycles. The van der Waals surface area contributed by atoms with E-state index in [4.69, 9.17) is 16.1 Å². The molecule has 1 atom stereocenters. The highest BCUT2D eigenvalue weighted by Gasteiger charge is 2.30. The van der Waals surface area contributed by atoms with Crippen molar-refractivity contribution in [2.45, 2.75) is 19.5 Å². The number of hydrogen-bond donors (Lipinski definition) is 0. The molecule has 0 aromatic carbocycles. The van der Waals surface area contributed by atoms with Crippen molar-refractivity contribution in [3.8, 4) is 0 Å². The third-order valence-electron chi connectivity index (χ3n) is 3.95. The van der Waals surface area contributed by atoms with Crippen LogP contribution in [0, 0.1) is 6.92 Å². The van der Waals surface area contributed by atoms with Crippen molar-refractivity contribution in [1.82, 2.24) is 29.5 Å². The van der Waals surface area contributed by atoms with Crippen LogP contribution in [0.2, 0.25) is 5.15 Å². The van der Waals surface area contributed by atoms with Gasteiger partial charge in [-0.25, -0.2) is 4.98 Å². The van der Waals surface area contributed by atoms with Gasteiger partial charge >= 0.3 is 0 Å². The number of nitrogens with zero attached hydrogens (tertiary/aromatic N) is 6. The van der Waals surface area contributed by atoms with Gasteiger partial charge in [-0.2, -0.15) is 4.98 Å². The first-order valence-corrected chi connectivity index (χ1v) is 7.31. The van der Waals surface area contributed by atoms with E-state index in [-0.39, 0.29) is 6.04 Å². The summed E-state index contributed by atoms with van der Waals surface area (Å²) in [5, 5.41) is 4.54. The number of likely N-dealkylation sites (N-methyl/N-ethyl adjacent to an activating group) is 1. The summed E-state index contributed by atoms with van der Waals surface area (Å²) in [6.07, 6.45) is 1.69. The predicted octanol–water partition coefficient (Wildman–Crippen LogP) is 1.25. The highest BCUT2D eigenvalue weighted by molar-refractivity contribution is 6.29. The van der Waals surface area contributed by atoms with E-state index in [2.05, 4.69) is 32.0 Å². The Bertz CT molecular complexity index is 624. The molecule has 0 N–H and O–H groups in total. The summed E-state index contributed by atoms with van der Waals surface area (Å²) in [4.78, 5) is 13.3. The van der Waals surface area contributed by atoms with Crippen LogP contribution in [-0.4, -0.2) is 56.2 Å². The number of rotatable bonds is 3. The van der Waals surface area contributed by atoms with Gasteiger partial charge in [0.1, 0.15) is 17.0 Å². The average Bonchev–Trinajstić information content (AvgIpc) is 3.02. The largest absolute Gasteiger partial charge is 0.338 e. The van der Waals surface area contributed by atoms with E-state index >= 15 is 0 Å². The molecule has 1 unspecified atom stereocenters. The third-order valence-corrected chi connectivity index (χ3v) is 4.30. The first-order chi connectivity index (χ1) is 10.0. The Morgan fingerprint density at radius 2 is 2.19 bits per heavy atom. The fraction of sp³-hybridized carbons (Fsp3) is 0.615. The lowest BCUT2D eigenvalue weighted by atomic mass is 10.1. The monoisotopic (exact) mass is 310 g/mol. The fourth-order valence-corrected chi connectivity index (χ4v) is 2.71. The molecule has 3 rings (SSSR count). The zero-order valence-electron chi connectivity index (χ0n) is 12.5. The van der Waals surface area contributed by atoms with Crippen molar-refractivity contribution in [2.75, 3.05) is 26.7 Å². The van der Waals surface area contributed by atoms with Crippen LogP contribution in [0.15, 0.2) is 10.7 Å². The normalized spacial score (nSPS) is 21.0. The van der Waals surface area contributed by atoms with Gasteiger partial charge in [-0.15, -0.1) is 0 Å². The second kappa shape index (κ2) is 5.75. The smallest absolute Gasteiger partial charge is 0.245 e. The molecule has 7 nitrogen and oxygen atoms in total. The van der Waals surface area contributed by atoms with Crippen LogP contribution in [-0.2, 0) is 13.6 Å². The van der Waals surface area contributed by atoms with Crippen LogP contribution < -0.4 is 0 Å². The van der Waals surface area contributed by atoms with Crippen molar-refractivity contribution in [3.63, 3.8) is 0 Å². The molecule has 0 amide bonds. The molecule has 1 aliphatic heterocycles. The van der Waals surface area contributed by atoms with Gasteiger partial charge in [0.15, 0.2) is 5.82 Å². The Hall–Kier alpha value is -1.44. The van der Waals surface area contributed by atoms with Gasteiger partial charge in [0, 0.05) is 26.7 Å². The lowest BCUT2D eigenvalue weighted by Crippen LogP contribution is -2.46. The van der Waals surface area contributed by atoms with Gasteiger partial charge in [-0.05, 0) is 14.0 Å². The molecule has 8 heteroatoms. The minimum Gasteiger partial charge on any atom is -0.338 e. The van der Waals surface area contributed by atoms with Crippen LogP contribution >= 0.6 is 11.6 Å². The Balaban J connectivity index is 1.72. The highest BCUT2D eigenvalue weighted by atomic mass is 35.5. The van der Waals surface area contributed by atoms with Gasteiger partial charge in [0.2, 0.25) is 5.89 Å². The summed E-state index contributed by atoms with van der Waals surface area (Å²) in [6, 6.07) is 0.121. The molecule has 0 bridgehead atoms. The van der Waals surface area contributed by atoms with Crippen molar-refractivity contribution in [1.29, 1.82) is 0 Å². The molecular formula is C13H19ClN6O. The van der Waals surface area contributed by atoms with Crippen molar-refractivity contribution in [2.24, 2.45) is 7.05 Å². The zero-order chi connectivity index (χ0) is 15.0. The Morgan fingerprint density at radius 1 is 1.38 bits per heavy atom. The summed E-state index contributed by atoms with van der Waals surface area (Å²) < 4.78 is 7.24. The van der Waals surface area contributed by atoms with Crippen molar-refractivity contribution < 1.29 is 4.52 Å². The van der Waals surface area contributed by atoms with Crippen LogP contribution in [0.25, 0.3) is 0 Å². The second-order valence-electron chi connectivity index (χ2n) is 5.47. The Morgan fingerprint density at radius 3 is 2.81 bits per heavy atom. The van der Waals surface area contributed by atoms with E-state index in [9.17, 15) is 0 Å². The van der Waals surface area contributed by atoms with E-state index in [1.54, 1.807) is 6.20 Å². The van der Waals surface area contributed by atoms with Gasteiger partial charge < -0.3 is 9.09 Å². The minimum absolute atomic E-state index is 0.121. The molecule has 0 spiro atoms. The second-order valence-corrected chi connectivity index (χ2v) is 5.85. The fourth-order valence-electron chi connectivity index (χ4n) is 2.56. The van der Waals surface area contributed by atoms with Crippen LogP contribution in [0.1, 0.15) is 23.6 Å². The standard InChI is InChI=1S/C13H19ClN6O/c1-9-16-13(21-17-9)10-7-20(5-4-18(10)2)8-12-15-6-11(14)19(12)3/h6,10H,4-5,7-8H2,1-3H3. The summed E-state index contributed by atoms with van der Waals surface area (Å²) in [5.74, 6) is 2.31. The topological polar surface area (TPSA) is 63.2 Å². The number of aryl methyl sites for hydroxylation is 1. The predicted molar refractivity (Wildman–Crippen MR) is 77.9 cm³/mol. The summed E-state index contributed by atoms with van der Waals surface area (Å²) >= 11 is 6.04. The third kappa shape index (κ3) is 2.95. The number of piperazine rings is 1. The molecular weight excluding hydrogens is 292 g/mol. The maximum atomic E-state index is 6.04. The SMILES string of the molecule is Cc1noc(C2CN(Cc3ncc(Cl)n3C)CCN2C)n1. The number of imidazole rings is 1. The number of hydrogen-bond acceptors (Lipinski definition) is 6. The van der Waals surface area contributed by atoms with Crippen LogP contribution in [0.4, 0.5) is 0 Å². The molecule has 1 saturated heterocycles. The molecule has 1 aliphatic rings. The lowest BCUT2D eigenvalue weighted by molar-refractivity contribution is 0.0694.